The number of aryl methyl sites for hydroxylation is 1. The van der Waals surface area contributed by atoms with Crippen LogP contribution in [0.5, 0.6) is 0 Å². The Morgan fingerprint density at radius 2 is 1.20 bits per heavy atom. The molecule has 1 aromatic heterocycles. The van der Waals surface area contributed by atoms with Gasteiger partial charge in [0, 0.05) is 24.7 Å². The number of aromatic nitrogens is 1. The first-order valence-electron chi connectivity index (χ1n) is 13.9. The fourth-order valence-electron chi connectivity index (χ4n) is 4.07. The predicted octanol–water partition coefficient (Wildman–Crippen LogP) is 9.18. The lowest BCUT2D eigenvalue weighted by atomic mass is 10.1. The van der Waals surface area contributed by atoms with Crippen LogP contribution in [-0.2, 0) is 6.42 Å². The van der Waals surface area contributed by atoms with E-state index in [1.54, 1.807) is 18.3 Å². The summed E-state index contributed by atoms with van der Waals surface area (Å²) in [6.45, 7) is 2.27. The van der Waals surface area contributed by atoms with Crippen molar-refractivity contribution in [3.05, 3.63) is 29.6 Å². The highest BCUT2D eigenvalue weighted by molar-refractivity contribution is 5.87. The molecule has 0 saturated heterocycles. The summed E-state index contributed by atoms with van der Waals surface area (Å²) in [5.41, 5.74) is 1.21. The number of pyridine rings is 1. The summed E-state index contributed by atoms with van der Waals surface area (Å²) in [5.74, 6) is 11.5. The number of carboxylic acids is 1. The number of rotatable bonds is 20. The Labute approximate surface area is 221 Å². The summed E-state index contributed by atoms with van der Waals surface area (Å²) in [7, 11) is 0. The highest BCUT2D eigenvalue weighted by Gasteiger charge is 2.04. The van der Waals surface area contributed by atoms with Crippen LogP contribution in [0.15, 0.2) is 18.3 Å². The van der Waals surface area contributed by atoms with Crippen LogP contribution in [-0.4, -0.2) is 16.1 Å². The van der Waals surface area contributed by atoms with Crippen molar-refractivity contribution >= 4 is 18.4 Å². The van der Waals surface area contributed by atoms with Crippen molar-refractivity contribution in [1.29, 1.82) is 0 Å². The Morgan fingerprint density at radius 3 is 1.69 bits per heavy atom. The van der Waals surface area contributed by atoms with Crippen LogP contribution in [0.1, 0.15) is 145 Å². The molecule has 1 N–H and O–H groups in total. The van der Waals surface area contributed by atoms with E-state index < -0.39 is 5.97 Å². The smallest absolute Gasteiger partial charge is 0.335 e. The standard InChI is InChI=1S/C31H47NO2.ClH/c1-2-3-4-5-6-7-8-9-10-11-12-13-14-15-16-17-18-19-20-21-22-23-24-25-30-28-29(31(33)34)26-27-32-30;/h26-28H,2-12,17-25H2,1H3,(H,33,34);1H. The van der Waals surface area contributed by atoms with Gasteiger partial charge in [-0.1, -0.05) is 109 Å². The number of hydrogen-bond acceptors (Lipinski definition) is 2. The molecular weight excluding hydrogens is 454 g/mol. The van der Waals surface area contributed by atoms with E-state index in [1.807, 2.05) is 0 Å². The molecule has 4 heteroatoms. The first kappa shape index (κ1) is 33.0. The third-order valence-corrected chi connectivity index (χ3v) is 6.19. The van der Waals surface area contributed by atoms with E-state index in [-0.39, 0.29) is 12.4 Å². The molecule has 3 nitrogen and oxygen atoms in total. The van der Waals surface area contributed by atoms with E-state index in [0.29, 0.717) is 5.56 Å². The number of nitrogens with zero attached hydrogens (tertiary/aromatic N) is 1. The number of carbonyl (C=O) groups is 1. The van der Waals surface area contributed by atoms with Crippen molar-refractivity contribution in [1.82, 2.24) is 4.98 Å². The first-order chi connectivity index (χ1) is 16.7. The molecule has 0 atom stereocenters. The fraction of sp³-hybridized carbons (Fsp3) is 0.677. The van der Waals surface area contributed by atoms with Gasteiger partial charge in [-0.15, -0.1) is 12.4 Å². The molecule has 0 fully saturated rings. The first-order valence-corrected chi connectivity index (χ1v) is 13.9. The molecule has 0 aliphatic rings. The van der Waals surface area contributed by atoms with E-state index in [0.717, 1.165) is 31.4 Å². The molecule has 0 aliphatic carbocycles. The molecule has 35 heavy (non-hydrogen) atoms. The van der Waals surface area contributed by atoms with Crippen molar-refractivity contribution in [2.75, 3.05) is 0 Å². The zero-order valence-corrected chi connectivity index (χ0v) is 22.9. The largest absolute Gasteiger partial charge is 0.478 e. The molecule has 0 unspecified atom stereocenters. The molecule has 0 radical (unpaired) electrons. The van der Waals surface area contributed by atoms with Crippen molar-refractivity contribution in [2.45, 2.75) is 135 Å². The maximum atomic E-state index is 11.0. The van der Waals surface area contributed by atoms with Gasteiger partial charge < -0.3 is 5.11 Å². The van der Waals surface area contributed by atoms with Gasteiger partial charge >= 0.3 is 5.97 Å². The van der Waals surface area contributed by atoms with E-state index in [4.69, 9.17) is 5.11 Å². The van der Waals surface area contributed by atoms with Gasteiger partial charge in [0.15, 0.2) is 0 Å². The van der Waals surface area contributed by atoms with Crippen LogP contribution >= 0.6 is 12.4 Å². The second-order valence-electron chi connectivity index (χ2n) is 9.35. The second kappa shape index (κ2) is 25.1. The summed E-state index contributed by atoms with van der Waals surface area (Å²) < 4.78 is 0. The van der Waals surface area contributed by atoms with Crippen LogP contribution in [0.2, 0.25) is 0 Å². The fourth-order valence-corrected chi connectivity index (χ4v) is 4.07. The Kier molecular flexibility index (Phi) is 23.7. The van der Waals surface area contributed by atoms with Crippen molar-refractivity contribution in [2.24, 2.45) is 0 Å². The lowest BCUT2D eigenvalue weighted by Crippen LogP contribution is -1.99. The number of hydrogen-bond donors (Lipinski definition) is 1. The maximum Gasteiger partial charge on any atom is 0.335 e. The molecule has 0 saturated carbocycles. The lowest BCUT2D eigenvalue weighted by molar-refractivity contribution is 0.0696. The summed E-state index contributed by atoms with van der Waals surface area (Å²) in [6.07, 6.45) is 26.5. The van der Waals surface area contributed by atoms with Crippen molar-refractivity contribution in [3.63, 3.8) is 0 Å². The Morgan fingerprint density at radius 1 is 0.743 bits per heavy atom. The molecule has 0 aromatic carbocycles. The summed E-state index contributed by atoms with van der Waals surface area (Å²) in [4.78, 5) is 15.3. The third-order valence-electron chi connectivity index (χ3n) is 6.19. The predicted molar refractivity (Wildman–Crippen MR) is 151 cm³/mol. The van der Waals surface area contributed by atoms with Gasteiger partial charge in [-0.25, -0.2) is 4.79 Å². The molecule has 1 aromatic rings. The number of halogens is 1. The average molecular weight is 502 g/mol. The van der Waals surface area contributed by atoms with Gasteiger partial charge in [0.05, 0.1) is 5.56 Å². The Bertz CT molecular complexity index is 769. The summed E-state index contributed by atoms with van der Waals surface area (Å²) in [6, 6.07) is 3.23. The van der Waals surface area contributed by atoms with Crippen LogP contribution in [0.4, 0.5) is 0 Å². The molecule has 0 spiro atoms. The molecule has 196 valence electrons. The van der Waals surface area contributed by atoms with E-state index in [2.05, 4.69) is 35.6 Å². The van der Waals surface area contributed by atoms with Gasteiger partial charge in [0.2, 0.25) is 0 Å². The van der Waals surface area contributed by atoms with Gasteiger partial charge in [-0.3, -0.25) is 4.98 Å². The minimum absolute atomic E-state index is 0. The van der Waals surface area contributed by atoms with Crippen LogP contribution in [0, 0.1) is 23.7 Å². The molecule has 0 bridgehead atoms. The van der Waals surface area contributed by atoms with E-state index >= 15 is 0 Å². The highest BCUT2D eigenvalue weighted by atomic mass is 35.5. The van der Waals surface area contributed by atoms with E-state index in [9.17, 15) is 4.79 Å². The molecule has 1 heterocycles. The Hall–Kier alpha value is -1.97. The Balaban J connectivity index is 0.0000116. The van der Waals surface area contributed by atoms with Crippen molar-refractivity contribution in [3.8, 4) is 23.7 Å². The summed E-state index contributed by atoms with van der Waals surface area (Å²) >= 11 is 0. The molecule has 1 rings (SSSR count). The quantitative estimate of drug-likeness (QED) is 0.143. The van der Waals surface area contributed by atoms with Crippen molar-refractivity contribution < 1.29 is 9.90 Å². The minimum atomic E-state index is -0.885. The zero-order chi connectivity index (χ0) is 24.5. The minimum Gasteiger partial charge on any atom is -0.478 e. The third kappa shape index (κ3) is 21.1. The van der Waals surface area contributed by atoms with Crippen LogP contribution < -0.4 is 0 Å². The van der Waals surface area contributed by atoms with Gasteiger partial charge in [0.1, 0.15) is 0 Å². The lowest BCUT2D eigenvalue weighted by Gasteiger charge is -2.03. The number of aromatic carboxylic acids is 1. The highest BCUT2D eigenvalue weighted by Crippen LogP contribution is 2.12. The summed E-state index contributed by atoms with van der Waals surface area (Å²) in [5, 5.41) is 9.02. The van der Waals surface area contributed by atoms with Gasteiger partial charge in [-0.05, 0) is 49.7 Å². The monoisotopic (exact) mass is 501 g/mol. The second-order valence-corrected chi connectivity index (χ2v) is 9.35. The molecule has 0 aliphatic heterocycles. The topological polar surface area (TPSA) is 50.2 Å². The van der Waals surface area contributed by atoms with E-state index in [1.165, 1.54) is 103 Å². The van der Waals surface area contributed by atoms with Crippen LogP contribution in [0.25, 0.3) is 0 Å². The number of carboxylic acid groups (broad SMARTS) is 1. The normalized spacial score (nSPS) is 9.97. The molecular formula is C31H48ClNO2. The maximum absolute atomic E-state index is 11.0. The van der Waals surface area contributed by atoms with Crippen LogP contribution in [0.3, 0.4) is 0 Å². The number of unbranched alkanes of at least 4 members (excludes halogenated alkanes) is 17. The van der Waals surface area contributed by atoms with Gasteiger partial charge in [-0.2, -0.15) is 0 Å². The van der Waals surface area contributed by atoms with Gasteiger partial charge in [0.25, 0.3) is 0 Å². The SMILES string of the molecule is CCCCCCCCCCCCC#CC#CCCCCCCCCCc1cc(C(=O)O)ccn1.Cl. The zero-order valence-electron chi connectivity index (χ0n) is 22.1. The molecule has 0 amide bonds. The average Bonchev–Trinajstić information content (AvgIpc) is 2.84.